The summed E-state index contributed by atoms with van der Waals surface area (Å²) in [5.41, 5.74) is 0. The maximum atomic E-state index is 11.3. The molecule has 1 unspecified atom stereocenters. The number of nitrogens with zero attached hydrogens (tertiary/aromatic N) is 2. The minimum absolute atomic E-state index is 0.0953. The zero-order valence-electron chi connectivity index (χ0n) is 10.1. The largest absolute Gasteiger partial charge is 0.340 e. The van der Waals surface area contributed by atoms with E-state index in [0.29, 0.717) is 13.1 Å². The Morgan fingerprint density at radius 3 is 1.94 bits per heavy atom. The molecular weight excluding hydrogens is 228 g/mol. The van der Waals surface area contributed by atoms with Crippen molar-refractivity contribution in [2.75, 3.05) is 26.2 Å². The maximum absolute atomic E-state index is 11.3. The highest BCUT2D eigenvalue weighted by Gasteiger charge is 2.30. The molecule has 1 amide bonds. The number of rotatable bonds is 3. The number of carbonyl (C=O) groups is 2. The van der Waals surface area contributed by atoms with Gasteiger partial charge in [0.1, 0.15) is 0 Å². The Hall–Kier alpha value is -0.610. The van der Waals surface area contributed by atoms with Gasteiger partial charge in [-0.3, -0.25) is 14.5 Å². The van der Waals surface area contributed by atoms with Gasteiger partial charge in [0.05, 0.1) is 6.04 Å². The van der Waals surface area contributed by atoms with Gasteiger partial charge in [0.25, 0.3) is 0 Å². The molecule has 1 fully saturated rings. The third-order valence-electron chi connectivity index (χ3n) is 3.02. The van der Waals surface area contributed by atoms with Crippen molar-refractivity contribution in [1.29, 1.82) is 0 Å². The Morgan fingerprint density at radius 1 is 1.12 bits per heavy atom. The van der Waals surface area contributed by atoms with Crippen molar-refractivity contribution in [1.82, 2.24) is 9.80 Å². The van der Waals surface area contributed by atoms with Gasteiger partial charge in [0.15, 0.2) is 0 Å². The normalized spacial score (nSPS) is 19.9. The Bertz CT molecular complexity index is 273. The smallest absolute Gasteiger partial charge is 0.239 e. The standard InChI is InChI=1S/C11H19ClN2O2/c1-8(2)10(11(12)16)14-6-4-13(5-7-14)9(3)15/h8,10H,4-7H2,1-3H3. The van der Waals surface area contributed by atoms with Crippen LogP contribution in [0, 0.1) is 5.92 Å². The molecule has 0 aliphatic carbocycles. The van der Waals surface area contributed by atoms with Crippen molar-refractivity contribution in [3.63, 3.8) is 0 Å². The Balaban J connectivity index is 2.57. The highest BCUT2D eigenvalue weighted by Crippen LogP contribution is 2.16. The van der Waals surface area contributed by atoms with Gasteiger partial charge in [0.2, 0.25) is 11.1 Å². The highest BCUT2D eigenvalue weighted by atomic mass is 35.5. The lowest BCUT2D eigenvalue weighted by Crippen LogP contribution is -2.54. The lowest BCUT2D eigenvalue weighted by Gasteiger charge is -2.39. The van der Waals surface area contributed by atoms with Crippen LogP contribution in [0.1, 0.15) is 20.8 Å². The van der Waals surface area contributed by atoms with Crippen LogP contribution in [0.3, 0.4) is 0 Å². The summed E-state index contributed by atoms with van der Waals surface area (Å²) in [7, 11) is 0. The third-order valence-corrected chi connectivity index (χ3v) is 3.24. The lowest BCUT2D eigenvalue weighted by atomic mass is 10.0. The number of hydrogen-bond acceptors (Lipinski definition) is 3. The second-order valence-electron chi connectivity index (χ2n) is 4.54. The fourth-order valence-electron chi connectivity index (χ4n) is 2.14. The van der Waals surface area contributed by atoms with E-state index in [1.165, 1.54) is 0 Å². The molecule has 92 valence electrons. The highest BCUT2D eigenvalue weighted by molar-refractivity contribution is 6.64. The molecule has 4 nitrogen and oxygen atoms in total. The van der Waals surface area contributed by atoms with E-state index in [1.807, 2.05) is 13.8 Å². The molecule has 0 spiro atoms. The number of piperazine rings is 1. The summed E-state index contributed by atoms with van der Waals surface area (Å²) in [6.07, 6.45) is 0. The van der Waals surface area contributed by atoms with E-state index in [1.54, 1.807) is 11.8 Å². The number of amides is 1. The second-order valence-corrected chi connectivity index (χ2v) is 4.91. The molecule has 1 aliphatic heterocycles. The first kappa shape index (κ1) is 13.5. The number of hydrogen-bond donors (Lipinski definition) is 0. The molecule has 5 heteroatoms. The van der Waals surface area contributed by atoms with E-state index in [4.69, 9.17) is 11.6 Å². The van der Waals surface area contributed by atoms with Crippen LogP contribution in [0.25, 0.3) is 0 Å². The van der Waals surface area contributed by atoms with Crippen molar-refractivity contribution in [3.05, 3.63) is 0 Å². The van der Waals surface area contributed by atoms with E-state index in [2.05, 4.69) is 4.90 Å². The van der Waals surface area contributed by atoms with E-state index in [-0.39, 0.29) is 23.1 Å². The van der Waals surface area contributed by atoms with E-state index >= 15 is 0 Å². The molecular formula is C11H19ClN2O2. The van der Waals surface area contributed by atoms with Gasteiger partial charge in [-0.05, 0) is 17.5 Å². The van der Waals surface area contributed by atoms with Gasteiger partial charge < -0.3 is 4.90 Å². The van der Waals surface area contributed by atoms with Crippen LogP contribution in [0.2, 0.25) is 0 Å². The second kappa shape index (κ2) is 5.64. The summed E-state index contributed by atoms with van der Waals surface area (Å²) >= 11 is 5.61. The van der Waals surface area contributed by atoms with Crippen molar-refractivity contribution in [3.8, 4) is 0 Å². The number of carbonyl (C=O) groups excluding carboxylic acids is 2. The first-order valence-corrected chi connectivity index (χ1v) is 6.00. The van der Waals surface area contributed by atoms with Gasteiger partial charge >= 0.3 is 0 Å². The van der Waals surface area contributed by atoms with Crippen LogP contribution in [0.4, 0.5) is 0 Å². The summed E-state index contributed by atoms with van der Waals surface area (Å²) in [6.45, 7) is 8.36. The monoisotopic (exact) mass is 246 g/mol. The van der Waals surface area contributed by atoms with Gasteiger partial charge in [-0.1, -0.05) is 13.8 Å². The summed E-state index contributed by atoms with van der Waals surface area (Å²) in [5, 5.41) is -0.300. The molecule has 1 saturated heterocycles. The zero-order valence-corrected chi connectivity index (χ0v) is 10.8. The molecule has 0 N–H and O–H groups in total. The Labute approximate surface area is 102 Å². The molecule has 0 aromatic heterocycles. The quantitative estimate of drug-likeness (QED) is 0.696. The molecule has 0 bridgehead atoms. The van der Waals surface area contributed by atoms with Crippen LogP contribution in [-0.2, 0) is 9.59 Å². The summed E-state index contributed by atoms with van der Waals surface area (Å²) < 4.78 is 0. The Morgan fingerprint density at radius 2 is 1.62 bits per heavy atom. The third kappa shape index (κ3) is 3.19. The van der Waals surface area contributed by atoms with E-state index in [9.17, 15) is 9.59 Å². The average Bonchev–Trinajstić information content (AvgIpc) is 2.17. The van der Waals surface area contributed by atoms with E-state index in [0.717, 1.165) is 13.1 Å². The molecule has 16 heavy (non-hydrogen) atoms. The van der Waals surface area contributed by atoms with Crippen LogP contribution in [-0.4, -0.2) is 53.2 Å². The predicted octanol–water partition coefficient (Wildman–Crippen LogP) is 0.941. The number of halogens is 1. The van der Waals surface area contributed by atoms with Gasteiger partial charge in [-0.15, -0.1) is 0 Å². The van der Waals surface area contributed by atoms with Crippen LogP contribution in [0.15, 0.2) is 0 Å². The molecule has 0 aromatic rings. The molecule has 1 rings (SSSR count). The predicted molar refractivity (Wildman–Crippen MR) is 63.3 cm³/mol. The van der Waals surface area contributed by atoms with Crippen molar-refractivity contribution in [2.24, 2.45) is 5.92 Å². The molecule has 0 aromatic carbocycles. The van der Waals surface area contributed by atoms with Gasteiger partial charge in [-0.25, -0.2) is 0 Å². The minimum atomic E-state index is -0.300. The molecule has 0 saturated carbocycles. The SMILES string of the molecule is CC(=O)N1CCN(C(C(=O)Cl)C(C)C)CC1. The van der Waals surface area contributed by atoms with E-state index < -0.39 is 0 Å². The van der Waals surface area contributed by atoms with Crippen LogP contribution < -0.4 is 0 Å². The van der Waals surface area contributed by atoms with Gasteiger partial charge in [0, 0.05) is 33.1 Å². The fraction of sp³-hybridized carbons (Fsp3) is 0.818. The van der Waals surface area contributed by atoms with Gasteiger partial charge in [-0.2, -0.15) is 0 Å². The van der Waals surface area contributed by atoms with Crippen molar-refractivity contribution < 1.29 is 9.59 Å². The van der Waals surface area contributed by atoms with Crippen molar-refractivity contribution >= 4 is 22.8 Å². The molecule has 0 radical (unpaired) electrons. The topological polar surface area (TPSA) is 40.6 Å². The summed E-state index contributed by atoms with van der Waals surface area (Å²) in [6, 6.07) is -0.226. The molecule has 1 aliphatic rings. The average molecular weight is 247 g/mol. The first-order chi connectivity index (χ1) is 7.43. The summed E-state index contributed by atoms with van der Waals surface area (Å²) in [5.74, 6) is 0.298. The van der Waals surface area contributed by atoms with Crippen LogP contribution >= 0.6 is 11.6 Å². The Kier molecular flexibility index (Phi) is 4.74. The molecule has 1 atom stereocenters. The zero-order chi connectivity index (χ0) is 12.3. The molecule has 1 heterocycles. The van der Waals surface area contributed by atoms with Crippen molar-refractivity contribution in [2.45, 2.75) is 26.8 Å². The first-order valence-electron chi connectivity index (χ1n) is 5.62. The maximum Gasteiger partial charge on any atom is 0.239 e. The fourth-order valence-corrected chi connectivity index (χ4v) is 2.53. The lowest BCUT2D eigenvalue weighted by molar-refractivity contribution is -0.131. The van der Waals surface area contributed by atoms with Crippen LogP contribution in [0.5, 0.6) is 0 Å². The summed E-state index contributed by atoms with van der Waals surface area (Å²) in [4.78, 5) is 26.4. The minimum Gasteiger partial charge on any atom is -0.340 e.